The van der Waals surface area contributed by atoms with Gasteiger partial charge in [0.15, 0.2) is 0 Å². The number of methoxy groups -OCH3 is 1. The smallest absolute Gasteiger partial charge is 0.305 e. The van der Waals surface area contributed by atoms with Crippen LogP contribution in [0.4, 0.5) is 5.69 Å². The molecule has 0 unspecified atom stereocenters. The second kappa shape index (κ2) is 9.21. The third kappa shape index (κ3) is 4.76. The Labute approximate surface area is 178 Å². The zero-order valence-corrected chi connectivity index (χ0v) is 17.5. The van der Waals surface area contributed by atoms with Crippen LogP contribution in [0.3, 0.4) is 0 Å². The van der Waals surface area contributed by atoms with Crippen LogP contribution in [0.25, 0.3) is 21.9 Å². The number of esters is 1. The molecule has 0 saturated heterocycles. The van der Waals surface area contributed by atoms with Gasteiger partial charge in [0.1, 0.15) is 5.75 Å². The molecular weight excluding hydrogens is 374 g/mol. The largest absolute Gasteiger partial charge is 0.493 e. The zero-order valence-electron chi connectivity index (χ0n) is 17.5. The highest BCUT2D eigenvalue weighted by molar-refractivity contribution is 5.90. The van der Waals surface area contributed by atoms with Crippen molar-refractivity contribution in [1.82, 2.24) is 0 Å². The SMILES string of the molecule is COC(=O)CCc1ccc(OCC2CCCC2)c(-c2ccc3cc(N)ccc3c2)c1. The van der Waals surface area contributed by atoms with Gasteiger partial charge in [0.25, 0.3) is 0 Å². The first kappa shape index (κ1) is 20.3. The topological polar surface area (TPSA) is 61.5 Å². The lowest BCUT2D eigenvalue weighted by Crippen LogP contribution is -2.09. The molecule has 0 atom stereocenters. The monoisotopic (exact) mass is 403 g/mol. The number of hydrogen-bond acceptors (Lipinski definition) is 4. The number of fused-ring (bicyclic) bond motifs is 1. The van der Waals surface area contributed by atoms with Gasteiger partial charge in [-0.25, -0.2) is 0 Å². The van der Waals surface area contributed by atoms with Crippen molar-refractivity contribution in [3.05, 3.63) is 60.2 Å². The van der Waals surface area contributed by atoms with Crippen LogP contribution >= 0.6 is 0 Å². The van der Waals surface area contributed by atoms with Crippen LogP contribution in [0, 0.1) is 5.92 Å². The lowest BCUT2D eigenvalue weighted by atomic mass is 9.97. The van der Waals surface area contributed by atoms with Crippen molar-refractivity contribution >= 4 is 22.4 Å². The maximum atomic E-state index is 11.6. The summed E-state index contributed by atoms with van der Waals surface area (Å²) >= 11 is 0. The molecule has 0 spiro atoms. The summed E-state index contributed by atoms with van der Waals surface area (Å²) in [5.74, 6) is 1.36. The molecule has 4 heteroatoms. The van der Waals surface area contributed by atoms with E-state index in [0.29, 0.717) is 18.8 Å². The number of carbonyl (C=O) groups is 1. The molecule has 0 heterocycles. The Morgan fingerprint density at radius 2 is 1.77 bits per heavy atom. The highest BCUT2D eigenvalue weighted by Gasteiger charge is 2.17. The molecule has 156 valence electrons. The fourth-order valence-electron chi connectivity index (χ4n) is 4.25. The average Bonchev–Trinajstić information content (AvgIpc) is 3.29. The second-order valence-electron chi connectivity index (χ2n) is 8.19. The summed E-state index contributed by atoms with van der Waals surface area (Å²) in [5.41, 5.74) is 9.96. The third-order valence-electron chi connectivity index (χ3n) is 6.01. The van der Waals surface area contributed by atoms with Crippen molar-refractivity contribution in [1.29, 1.82) is 0 Å². The molecule has 0 radical (unpaired) electrons. The summed E-state index contributed by atoms with van der Waals surface area (Å²) in [6, 6.07) is 18.6. The summed E-state index contributed by atoms with van der Waals surface area (Å²) in [7, 11) is 1.43. The van der Waals surface area contributed by atoms with E-state index in [-0.39, 0.29) is 5.97 Å². The van der Waals surface area contributed by atoms with E-state index in [9.17, 15) is 4.79 Å². The molecule has 1 aliphatic carbocycles. The molecule has 0 bridgehead atoms. The lowest BCUT2D eigenvalue weighted by molar-refractivity contribution is -0.140. The van der Waals surface area contributed by atoms with Crippen LogP contribution in [0.2, 0.25) is 0 Å². The standard InChI is InChI=1S/C26H29NO3/c1-29-26(28)13-7-18-6-12-25(30-17-19-4-2-3-5-19)24(14-18)22-9-8-21-16-23(27)11-10-20(21)15-22/h6,8-12,14-16,19H,2-5,7,13,17,27H2,1H3. The van der Waals surface area contributed by atoms with E-state index in [1.807, 2.05) is 24.3 Å². The maximum absolute atomic E-state index is 11.6. The number of nitrogen functional groups attached to an aromatic ring is 1. The third-order valence-corrected chi connectivity index (χ3v) is 6.01. The van der Waals surface area contributed by atoms with Gasteiger partial charge in [-0.1, -0.05) is 37.1 Å². The van der Waals surface area contributed by atoms with Crippen LogP contribution in [0.5, 0.6) is 5.75 Å². The molecule has 3 aromatic carbocycles. The molecule has 1 saturated carbocycles. The lowest BCUT2D eigenvalue weighted by Gasteiger charge is -2.17. The Morgan fingerprint density at radius 1 is 1.00 bits per heavy atom. The quantitative estimate of drug-likeness (QED) is 0.402. The van der Waals surface area contributed by atoms with E-state index in [1.165, 1.54) is 32.8 Å². The van der Waals surface area contributed by atoms with Gasteiger partial charge in [-0.2, -0.15) is 0 Å². The molecule has 0 amide bonds. The van der Waals surface area contributed by atoms with Crippen LogP contribution in [0.15, 0.2) is 54.6 Å². The number of hydrogen-bond donors (Lipinski definition) is 1. The number of rotatable bonds is 7. The molecule has 2 N–H and O–H groups in total. The number of ether oxygens (including phenoxy) is 2. The molecule has 4 nitrogen and oxygen atoms in total. The Bertz CT molecular complexity index is 1040. The van der Waals surface area contributed by atoms with E-state index in [4.69, 9.17) is 15.2 Å². The summed E-state index contributed by atoms with van der Waals surface area (Å²) in [5, 5.41) is 2.26. The number of carbonyl (C=O) groups excluding carboxylic acids is 1. The van der Waals surface area contributed by atoms with Crippen molar-refractivity contribution in [2.45, 2.75) is 38.5 Å². The van der Waals surface area contributed by atoms with Gasteiger partial charge in [-0.05, 0) is 77.4 Å². The molecule has 30 heavy (non-hydrogen) atoms. The molecule has 0 aliphatic heterocycles. The predicted octanol–water partition coefficient (Wildman–Crippen LogP) is 5.76. The predicted molar refractivity (Wildman–Crippen MR) is 122 cm³/mol. The van der Waals surface area contributed by atoms with E-state index in [1.54, 1.807) is 0 Å². The zero-order chi connectivity index (χ0) is 20.9. The van der Waals surface area contributed by atoms with Crippen LogP contribution in [-0.4, -0.2) is 19.7 Å². The molecule has 1 fully saturated rings. The average molecular weight is 404 g/mol. The number of anilines is 1. The number of aryl methyl sites for hydroxylation is 1. The van der Waals surface area contributed by atoms with Crippen molar-refractivity contribution in [3.8, 4) is 16.9 Å². The Morgan fingerprint density at radius 3 is 2.57 bits per heavy atom. The fraction of sp³-hybridized carbons (Fsp3) is 0.346. The van der Waals surface area contributed by atoms with Gasteiger partial charge >= 0.3 is 5.97 Å². The summed E-state index contributed by atoms with van der Waals surface area (Å²) in [6.07, 6.45) is 6.14. The van der Waals surface area contributed by atoms with Gasteiger partial charge in [-0.15, -0.1) is 0 Å². The van der Waals surface area contributed by atoms with Crippen molar-refractivity contribution in [3.63, 3.8) is 0 Å². The molecule has 1 aliphatic rings. The maximum Gasteiger partial charge on any atom is 0.305 e. The minimum Gasteiger partial charge on any atom is -0.493 e. The number of nitrogens with two attached hydrogens (primary N) is 1. The first-order chi connectivity index (χ1) is 14.6. The van der Waals surface area contributed by atoms with Crippen LogP contribution in [0.1, 0.15) is 37.7 Å². The van der Waals surface area contributed by atoms with Gasteiger partial charge in [-0.3, -0.25) is 4.79 Å². The highest BCUT2D eigenvalue weighted by Crippen LogP contribution is 2.35. The Hall–Kier alpha value is -3.01. The first-order valence-corrected chi connectivity index (χ1v) is 10.7. The molecular formula is C26H29NO3. The Balaban J connectivity index is 1.65. The van der Waals surface area contributed by atoms with E-state index in [0.717, 1.165) is 45.5 Å². The summed E-state index contributed by atoms with van der Waals surface area (Å²) in [4.78, 5) is 11.6. The highest BCUT2D eigenvalue weighted by atomic mass is 16.5. The summed E-state index contributed by atoms with van der Waals surface area (Å²) in [6.45, 7) is 0.763. The van der Waals surface area contributed by atoms with Crippen molar-refractivity contribution in [2.75, 3.05) is 19.5 Å². The van der Waals surface area contributed by atoms with Crippen molar-refractivity contribution in [2.24, 2.45) is 5.92 Å². The van der Waals surface area contributed by atoms with Crippen LogP contribution < -0.4 is 10.5 Å². The van der Waals surface area contributed by atoms with Gasteiger partial charge < -0.3 is 15.2 Å². The minimum absolute atomic E-state index is 0.193. The normalized spacial score (nSPS) is 14.2. The molecule has 3 aromatic rings. The first-order valence-electron chi connectivity index (χ1n) is 10.7. The fourth-order valence-corrected chi connectivity index (χ4v) is 4.25. The molecule has 0 aromatic heterocycles. The van der Waals surface area contributed by atoms with Gasteiger partial charge in [0.05, 0.1) is 13.7 Å². The van der Waals surface area contributed by atoms with E-state index in [2.05, 4.69) is 30.3 Å². The second-order valence-corrected chi connectivity index (χ2v) is 8.19. The molecule has 4 rings (SSSR count). The minimum atomic E-state index is -0.193. The van der Waals surface area contributed by atoms with E-state index >= 15 is 0 Å². The van der Waals surface area contributed by atoms with Crippen LogP contribution in [-0.2, 0) is 16.0 Å². The van der Waals surface area contributed by atoms with Gasteiger partial charge in [0, 0.05) is 17.7 Å². The van der Waals surface area contributed by atoms with Gasteiger partial charge in [0.2, 0.25) is 0 Å². The number of benzene rings is 3. The summed E-state index contributed by atoms with van der Waals surface area (Å²) < 4.78 is 11.1. The Kier molecular flexibility index (Phi) is 6.22. The van der Waals surface area contributed by atoms with Crippen molar-refractivity contribution < 1.29 is 14.3 Å². The van der Waals surface area contributed by atoms with E-state index < -0.39 is 0 Å².